The highest BCUT2D eigenvalue weighted by molar-refractivity contribution is 6.31. The molecule has 8 heteroatoms. The van der Waals surface area contributed by atoms with E-state index >= 15 is 0 Å². The van der Waals surface area contributed by atoms with E-state index in [-0.39, 0.29) is 12.5 Å². The van der Waals surface area contributed by atoms with E-state index in [1.165, 1.54) is 17.0 Å². The van der Waals surface area contributed by atoms with E-state index in [9.17, 15) is 14.0 Å². The summed E-state index contributed by atoms with van der Waals surface area (Å²) in [7, 11) is 1.60. The van der Waals surface area contributed by atoms with Gasteiger partial charge in [0.1, 0.15) is 5.82 Å². The van der Waals surface area contributed by atoms with Crippen LogP contribution >= 0.6 is 11.6 Å². The summed E-state index contributed by atoms with van der Waals surface area (Å²) >= 11 is 6.20. The highest BCUT2D eigenvalue weighted by atomic mass is 35.5. The monoisotopic (exact) mass is 443 g/mol. The van der Waals surface area contributed by atoms with Gasteiger partial charge in [-0.1, -0.05) is 24.6 Å². The molecule has 1 heterocycles. The average Bonchev–Trinajstić information content (AvgIpc) is 2.70. The van der Waals surface area contributed by atoms with Crippen molar-refractivity contribution in [3.05, 3.63) is 64.6 Å². The molecule has 0 aliphatic heterocycles. The molecule has 162 valence electrons. The predicted octanol–water partition coefficient (Wildman–Crippen LogP) is 5.12. The first-order chi connectivity index (χ1) is 14.7. The number of aryl methyl sites for hydroxylation is 1. The fraction of sp³-hybridized carbons (Fsp3) is 0.261. The number of rotatable bonds is 6. The van der Waals surface area contributed by atoms with Crippen molar-refractivity contribution in [2.75, 3.05) is 13.6 Å². The van der Waals surface area contributed by atoms with E-state index in [2.05, 4.69) is 10.3 Å². The number of nitrogens with zero attached hydrogens (tertiary/aromatic N) is 2. The first kappa shape index (κ1) is 22.5. The van der Waals surface area contributed by atoms with E-state index in [1.807, 2.05) is 6.92 Å². The lowest BCUT2D eigenvalue weighted by Crippen LogP contribution is -2.43. The molecule has 31 heavy (non-hydrogen) atoms. The van der Waals surface area contributed by atoms with Gasteiger partial charge < -0.3 is 15.3 Å². The maximum Gasteiger partial charge on any atom is 0.404 e. The second-order valence-electron chi connectivity index (χ2n) is 7.47. The molecule has 0 bridgehead atoms. The van der Waals surface area contributed by atoms with E-state index in [0.29, 0.717) is 44.6 Å². The largest absolute Gasteiger partial charge is 0.465 e. The van der Waals surface area contributed by atoms with Crippen LogP contribution in [0.2, 0.25) is 5.02 Å². The van der Waals surface area contributed by atoms with Crippen LogP contribution in [0.15, 0.2) is 42.6 Å². The average molecular weight is 444 g/mol. The molecular weight excluding hydrogens is 421 g/mol. The minimum atomic E-state index is -1.15. The van der Waals surface area contributed by atoms with Gasteiger partial charge in [0.25, 0.3) is 5.91 Å². The molecule has 2 aromatic carbocycles. The Morgan fingerprint density at radius 1 is 1.26 bits per heavy atom. The quantitative estimate of drug-likeness (QED) is 0.553. The minimum absolute atomic E-state index is 0.174. The third-order valence-corrected chi connectivity index (χ3v) is 5.29. The lowest BCUT2D eigenvalue weighted by atomic mass is 9.95. The zero-order valence-electron chi connectivity index (χ0n) is 17.4. The molecule has 3 aromatic rings. The number of hydrogen-bond donors (Lipinski definition) is 2. The highest BCUT2D eigenvalue weighted by Crippen LogP contribution is 2.32. The van der Waals surface area contributed by atoms with Gasteiger partial charge in [0, 0.05) is 41.8 Å². The number of carbonyl (C=O) groups is 2. The number of halogens is 2. The van der Waals surface area contributed by atoms with E-state index in [4.69, 9.17) is 16.7 Å². The maximum absolute atomic E-state index is 14.1. The molecule has 0 aliphatic carbocycles. The first-order valence-corrected chi connectivity index (χ1v) is 10.2. The number of hydrogen-bond acceptors (Lipinski definition) is 3. The van der Waals surface area contributed by atoms with Crippen molar-refractivity contribution in [2.24, 2.45) is 0 Å². The zero-order chi connectivity index (χ0) is 22.7. The number of amides is 2. The predicted molar refractivity (Wildman–Crippen MR) is 119 cm³/mol. The molecule has 0 unspecified atom stereocenters. The van der Waals surface area contributed by atoms with Crippen LogP contribution in [0.25, 0.3) is 22.0 Å². The van der Waals surface area contributed by atoms with Crippen LogP contribution in [0.1, 0.15) is 29.3 Å². The summed E-state index contributed by atoms with van der Waals surface area (Å²) in [4.78, 5) is 30.5. The van der Waals surface area contributed by atoms with Crippen molar-refractivity contribution in [2.45, 2.75) is 26.3 Å². The first-order valence-electron chi connectivity index (χ1n) is 9.80. The molecule has 0 fully saturated rings. The Hall–Kier alpha value is -3.19. The number of aromatic nitrogens is 1. The topological polar surface area (TPSA) is 82.5 Å². The Morgan fingerprint density at radius 2 is 2.00 bits per heavy atom. The van der Waals surface area contributed by atoms with E-state index < -0.39 is 18.0 Å². The summed E-state index contributed by atoms with van der Waals surface area (Å²) in [6.07, 6.45) is 0.922. The standard InChI is InChI=1S/C23H23ClFN3O3/c1-4-17(27-23(30)31)12-28(3)22(29)21-18-10-15(24)5-6-20(18)26-11-19(21)14-7-13(2)8-16(25)9-14/h5-11,17,27H,4,12H2,1-3H3,(H,30,31)/t17-/m0/s1. The summed E-state index contributed by atoms with van der Waals surface area (Å²) in [5.74, 6) is -0.748. The molecular formula is C23H23ClFN3O3. The van der Waals surface area contributed by atoms with Crippen LogP contribution in [0, 0.1) is 12.7 Å². The Kier molecular flexibility index (Phi) is 6.75. The van der Waals surface area contributed by atoms with Crippen molar-refractivity contribution in [1.82, 2.24) is 15.2 Å². The second kappa shape index (κ2) is 9.31. The number of benzene rings is 2. The van der Waals surface area contributed by atoms with Gasteiger partial charge in [-0.15, -0.1) is 0 Å². The smallest absolute Gasteiger partial charge is 0.404 e. The van der Waals surface area contributed by atoms with Gasteiger partial charge >= 0.3 is 6.09 Å². The number of likely N-dealkylation sites (N-methyl/N-ethyl adjacent to an activating group) is 1. The van der Waals surface area contributed by atoms with E-state index in [0.717, 1.165) is 0 Å². The maximum atomic E-state index is 14.1. The van der Waals surface area contributed by atoms with Crippen LogP contribution in [-0.2, 0) is 0 Å². The van der Waals surface area contributed by atoms with Crippen molar-refractivity contribution in [1.29, 1.82) is 0 Å². The molecule has 0 spiro atoms. The highest BCUT2D eigenvalue weighted by Gasteiger charge is 2.23. The molecule has 2 amide bonds. The van der Waals surface area contributed by atoms with Gasteiger partial charge in [-0.3, -0.25) is 9.78 Å². The van der Waals surface area contributed by atoms with Crippen LogP contribution in [0.5, 0.6) is 0 Å². The molecule has 1 atom stereocenters. The number of nitrogens with one attached hydrogen (secondary N) is 1. The summed E-state index contributed by atoms with van der Waals surface area (Å²) in [5, 5.41) is 12.4. The zero-order valence-corrected chi connectivity index (χ0v) is 18.2. The van der Waals surface area contributed by atoms with Crippen molar-refractivity contribution < 1.29 is 19.1 Å². The van der Waals surface area contributed by atoms with Crippen LogP contribution in [-0.4, -0.2) is 46.6 Å². The van der Waals surface area contributed by atoms with Gasteiger partial charge in [0.15, 0.2) is 0 Å². The Morgan fingerprint density at radius 3 is 2.65 bits per heavy atom. The number of carbonyl (C=O) groups excluding carboxylic acids is 1. The van der Waals surface area contributed by atoms with Crippen molar-refractivity contribution in [3.63, 3.8) is 0 Å². The van der Waals surface area contributed by atoms with Crippen LogP contribution in [0.4, 0.5) is 9.18 Å². The lowest BCUT2D eigenvalue weighted by Gasteiger charge is -2.25. The summed E-state index contributed by atoms with van der Waals surface area (Å²) < 4.78 is 14.1. The summed E-state index contributed by atoms with van der Waals surface area (Å²) in [6.45, 7) is 3.78. The normalized spacial score (nSPS) is 11.9. The van der Waals surface area contributed by atoms with Crippen LogP contribution < -0.4 is 5.32 Å². The third kappa shape index (κ3) is 5.11. The van der Waals surface area contributed by atoms with Crippen molar-refractivity contribution in [3.8, 4) is 11.1 Å². The second-order valence-corrected chi connectivity index (χ2v) is 7.90. The van der Waals surface area contributed by atoms with Crippen molar-refractivity contribution >= 4 is 34.5 Å². The van der Waals surface area contributed by atoms with Gasteiger partial charge in [-0.05, 0) is 54.8 Å². The number of fused-ring (bicyclic) bond motifs is 1. The minimum Gasteiger partial charge on any atom is -0.465 e. The summed E-state index contributed by atoms with van der Waals surface area (Å²) in [5.41, 5.74) is 2.64. The molecule has 0 saturated heterocycles. The SMILES string of the molecule is CC[C@@H](CN(C)C(=O)c1c(-c2cc(C)cc(F)c2)cnc2ccc(Cl)cc12)NC(=O)O. The Balaban J connectivity index is 2.14. The fourth-order valence-corrected chi connectivity index (χ4v) is 3.73. The lowest BCUT2D eigenvalue weighted by molar-refractivity contribution is 0.0780. The van der Waals surface area contributed by atoms with Gasteiger partial charge in [0.2, 0.25) is 0 Å². The molecule has 2 N–H and O–H groups in total. The molecule has 6 nitrogen and oxygen atoms in total. The molecule has 0 radical (unpaired) electrons. The summed E-state index contributed by atoms with van der Waals surface area (Å²) in [6, 6.07) is 9.19. The molecule has 3 rings (SSSR count). The van der Waals surface area contributed by atoms with E-state index in [1.54, 1.807) is 44.4 Å². The van der Waals surface area contributed by atoms with Gasteiger partial charge in [-0.2, -0.15) is 0 Å². The molecule has 0 saturated carbocycles. The van der Waals surface area contributed by atoms with Gasteiger partial charge in [-0.25, -0.2) is 9.18 Å². The molecule has 1 aromatic heterocycles. The Bertz CT molecular complexity index is 1130. The Labute approximate surface area is 184 Å². The van der Waals surface area contributed by atoms with Crippen LogP contribution in [0.3, 0.4) is 0 Å². The fourth-order valence-electron chi connectivity index (χ4n) is 3.56. The number of pyridine rings is 1. The molecule has 0 aliphatic rings. The number of carboxylic acid groups (broad SMARTS) is 1. The van der Waals surface area contributed by atoms with Gasteiger partial charge in [0.05, 0.1) is 11.1 Å². The third-order valence-electron chi connectivity index (χ3n) is 5.06.